The second-order valence-corrected chi connectivity index (χ2v) is 9.27. The molecule has 0 saturated heterocycles. The molecule has 4 aromatic rings. The highest BCUT2D eigenvalue weighted by Gasteiger charge is 2.23. The number of nitrogens with zero attached hydrogens (tertiary/aromatic N) is 3. The Bertz CT molecular complexity index is 1350. The third-order valence-electron chi connectivity index (χ3n) is 4.99. The fourth-order valence-electron chi connectivity index (χ4n) is 3.41. The summed E-state index contributed by atoms with van der Waals surface area (Å²) in [5.74, 6) is -0.429. The van der Waals surface area contributed by atoms with Crippen LogP contribution in [0.3, 0.4) is 0 Å². The Labute approximate surface area is 206 Å². The Morgan fingerprint density at radius 3 is 2.55 bits per heavy atom. The largest absolute Gasteiger partial charge is 0.755 e. The number of rotatable bonds is 6. The van der Waals surface area contributed by atoms with Crippen LogP contribution in [-0.4, -0.2) is 24.6 Å². The van der Waals surface area contributed by atoms with Gasteiger partial charge in [-0.25, -0.2) is 0 Å². The molecule has 1 aromatic heterocycles. The van der Waals surface area contributed by atoms with Crippen LogP contribution in [0.15, 0.2) is 77.5 Å². The van der Waals surface area contributed by atoms with Crippen molar-refractivity contribution >= 4 is 67.1 Å². The SMILES string of the molecule is CC(NC(=O)c1ccc(Br)cc1N(c1cccc2nccnc12)S(=O)[O-])c1ccc(Cl)cc1. The molecule has 0 radical (unpaired) electrons. The maximum Gasteiger partial charge on any atom is 0.253 e. The number of carbonyl (C=O) groups is 1. The molecule has 2 unspecified atom stereocenters. The molecule has 0 saturated carbocycles. The minimum Gasteiger partial charge on any atom is -0.755 e. The van der Waals surface area contributed by atoms with E-state index >= 15 is 0 Å². The molecule has 1 amide bonds. The molecule has 1 N–H and O–H groups in total. The summed E-state index contributed by atoms with van der Waals surface area (Å²) in [6.45, 7) is 1.84. The van der Waals surface area contributed by atoms with E-state index in [1.54, 1.807) is 48.5 Å². The average molecular weight is 545 g/mol. The zero-order chi connectivity index (χ0) is 23.5. The first-order valence-electron chi connectivity index (χ1n) is 9.80. The van der Waals surface area contributed by atoms with Crippen LogP contribution in [0.2, 0.25) is 5.02 Å². The maximum atomic E-state index is 13.2. The van der Waals surface area contributed by atoms with Gasteiger partial charge in [0.1, 0.15) is 5.52 Å². The topological polar surface area (TPSA) is 98.2 Å². The highest BCUT2D eigenvalue weighted by Crippen LogP contribution is 2.35. The van der Waals surface area contributed by atoms with Gasteiger partial charge in [-0.05, 0) is 55.0 Å². The van der Waals surface area contributed by atoms with Crippen molar-refractivity contribution in [1.29, 1.82) is 0 Å². The van der Waals surface area contributed by atoms with Crippen LogP contribution in [0.4, 0.5) is 11.4 Å². The van der Waals surface area contributed by atoms with Crippen LogP contribution < -0.4 is 9.62 Å². The molecule has 0 spiro atoms. The van der Waals surface area contributed by atoms with Crippen molar-refractivity contribution in [2.24, 2.45) is 0 Å². The molecule has 2 atom stereocenters. The molecule has 3 aromatic carbocycles. The lowest BCUT2D eigenvalue weighted by atomic mass is 10.1. The summed E-state index contributed by atoms with van der Waals surface area (Å²) >= 11 is 6.58. The number of benzene rings is 3. The van der Waals surface area contributed by atoms with Gasteiger partial charge in [0.15, 0.2) is 0 Å². The lowest BCUT2D eigenvalue weighted by Crippen LogP contribution is -2.29. The average Bonchev–Trinajstić information content (AvgIpc) is 2.79. The summed E-state index contributed by atoms with van der Waals surface area (Å²) in [4.78, 5) is 21.8. The first-order valence-corrected chi connectivity index (χ1v) is 12.0. The Morgan fingerprint density at radius 2 is 1.82 bits per heavy atom. The quantitative estimate of drug-likeness (QED) is 0.325. The van der Waals surface area contributed by atoms with Crippen molar-refractivity contribution in [2.45, 2.75) is 13.0 Å². The number of aromatic nitrogens is 2. The normalized spacial score (nSPS) is 12.8. The number of carbonyl (C=O) groups excluding carboxylic acids is 1. The van der Waals surface area contributed by atoms with E-state index in [4.69, 9.17) is 11.6 Å². The maximum absolute atomic E-state index is 13.2. The van der Waals surface area contributed by atoms with Crippen molar-refractivity contribution in [3.63, 3.8) is 0 Å². The molecule has 0 aliphatic heterocycles. The monoisotopic (exact) mass is 543 g/mol. The molecule has 0 fully saturated rings. The first-order chi connectivity index (χ1) is 15.8. The van der Waals surface area contributed by atoms with Crippen molar-refractivity contribution < 1.29 is 13.6 Å². The Balaban J connectivity index is 1.77. The van der Waals surface area contributed by atoms with Crippen LogP contribution in [0.25, 0.3) is 11.0 Å². The predicted molar refractivity (Wildman–Crippen MR) is 132 cm³/mol. The van der Waals surface area contributed by atoms with Gasteiger partial charge in [0.25, 0.3) is 5.91 Å². The summed E-state index contributed by atoms with van der Waals surface area (Å²) in [7, 11) is 0. The molecular formula is C23H17BrClN4O3S-. The van der Waals surface area contributed by atoms with Gasteiger partial charge in [0.05, 0.1) is 39.8 Å². The molecule has 0 aliphatic carbocycles. The smallest absolute Gasteiger partial charge is 0.253 e. The highest BCUT2D eigenvalue weighted by atomic mass is 79.9. The molecule has 33 heavy (non-hydrogen) atoms. The van der Waals surface area contributed by atoms with E-state index in [1.165, 1.54) is 12.4 Å². The van der Waals surface area contributed by atoms with Gasteiger partial charge in [0, 0.05) is 21.9 Å². The van der Waals surface area contributed by atoms with E-state index in [-0.39, 0.29) is 23.0 Å². The summed E-state index contributed by atoms with van der Waals surface area (Å²) in [5.41, 5.74) is 2.43. The Morgan fingerprint density at radius 1 is 1.09 bits per heavy atom. The fraction of sp³-hybridized carbons (Fsp3) is 0.0870. The fourth-order valence-corrected chi connectivity index (χ4v) is 4.50. The van der Waals surface area contributed by atoms with Gasteiger partial charge in [-0.2, -0.15) is 0 Å². The number of hydrogen-bond donors (Lipinski definition) is 1. The zero-order valence-corrected chi connectivity index (χ0v) is 20.4. The summed E-state index contributed by atoms with van der Waals surface area (Å²) in [5, 5.41) is 3.52. The van der Waals surface area contributed by atoms with Crippen molar-refractivity contribution in [2.75, 3.05) is 4.31 Å². The van der Waals surface area contributed by atoms with Gasteiger partial charge >= 0.3 is 0 Å². The van der Waals surface area contributed by atoms with Gasteiger partial charge in [-0.1, -0.05) is 45.7 Å². The molecule has 168 valence electrons. The molecule has 4 rings (SSSR count). The van der Waals surface area contributed by atoms with Gasteiger partial charge in [0.2, 0.25) is 0 Å². The van der Waals surface area contributed by atoms with Gasteiger partial charge in [-0.15, -0.1) is 0 Å². The first kappa shape index (κ1) is 23.3. The molecule has 0 bridgehead atoms. The molecular weight excluding hydrogens is 528 g/mol. The number of para-hydroxylation sites is 1. The zero-order valence-electron chi connectivity index (χ0n) is 17.2. The van der Waals surface area contributed by atoms with E-state index < -0.39 is 17.2 Å². The summed E-state index contributed by atoms with van der Waals surface area (Å²) in [6.07, 6.45) is 3.01. The predicted octanol–water partition coefficient (Wildman–Crippen LogP) is 5.47. The lowest BCUT2D eigenvalue weighted by molar-refractivity contribution is 0.0940. The third-order valence-corrected chi connectivity index (χ3v) is 6.42. The number of amides is 1. The van der Waals surface area contributed by atoms with Crippen LogP contribution in [0.1, 0.15) is 28.9 Å². The van der Waals surface area contributed by atoms with Crippen LogP contribution in [0, 0.1) is 0 Å². The van der Waals surface area contributed by atoms with Crippen LogP contribution >= 0.6 is 27.5 Å². The number of halogens is 2. The standard InChI is InChI=1S/C23H18BrClN4O3S/c1-14(15-5-8-17(25)9-6-15)28-23(30)18-10-7-16(24)13-21(18)29(33(31)32)20-4-2-3-19-22(20)27-12-11-26-19/h2-14H,1H3,(H,28,30)(H,31,32)/p-1. The second kappa shape index (κ2) is 9.96. The number of nitrogens with one attached hydrogen (secondary N) is 1. The van der Waals surface area contributed by atoms with Gasteiger partial charge in [-0.3, -0.25) is 23.3 Å². The third kappa shape index (κ3) is 5.06. The van der Waals surface area contributed by atoms with Crippen LogP contribution in [-0.2, 0) is 11.3 Å². The van der Waals surface area contributed by atoms with E-state index in [9.17, 15) is 13.6 Å². The lowest BCUT2D eigenvalue weighted by Gasteiger charge is -2.29. The number of fused-ring (bicyclic) bond motifs is 1. The number of hydrogen-bond acceptors (Lipinski definition) is 5. The summed E-state index contributed by atoms with van der Waals surface area (Å²) in [6, 6.07) is 16.7. The minimum atomic E-state index is -2.75. The summed E-state index contributed by atoms with van der Waals surface area (Å²) < 4.78 is 26.5. The van der Waals surface area contributed by atoms with E-state index in [0.717, 1.165) is 9.87 Å². The Kier molecular flexibility index (Phi) is 7.04. The second-order valence-electron chi connectivity index (χ2n) is 7.12. The molecule has 1 heterocycles. The van der Waals surface area contributed by atoms with E-state index in [2.05, 4.69) is 31.2 Å². The molecule has 0 aliphatic rings. The van der Waals surface area contributed by atoms with Crippen molar-refractivity contribution in [3.8, 4) is 0 Å². The molecule has 10 heteroatoms. The van der Waals surface area contributed by atoms with E-state index in [1.807, 2.05) is 19.1 Å². The molecule has 7 nitrogen and oxygen atoms in total. The number of anilines is 2. The Hall–Kier alpha value is -2.85. The van der Waals surface area contributed by atoms with Gasteiger partial charge < -0.3 is 9.87 Å². The highest BCUT2D eigenvalue weighted by molar-refractivity contribution is 9.10. The van der Waals surface area contributed by atoms with Crippen LogP contribution in [0.5, 0.6) is 0 Å². The van der Waals surface area contributed by atoms with E-state index in [0.29, 0.717) is 20.5 Å². The van der Waals surface area contributed by atoms with Crippen molar-refractivity contribution in [3.05, 3.63) is 93.7 Å². The minimum absolute atomic E-state index is 0.177. The van der Waals surface area contributed by atoms with Crippen molar-refractivity contribution in [1.82, 2.24) is 15.3 Å².